The molecule has 0 saturated carbocycles. The van der Waals surface area contributed by atoms with Gasteiger partial charge in [0.25, 0.3) is 11.5 Å². The Morgan fingerprint density at radius 2 is 1.69 bits per heavy atom. The van der Waals surface area contributed by atoms with Gasteiger partial charge < -0.3 is 9.88 Å². The maximum Gasteiger partial charge on any atom is 0.257 e. The van der Waals surface area contributed by atoms with E-state index in [9.17, 15) is 9.59 Å². The van der Waals surface area contributed by atoms with E-state index in [1.165, 1.54) is 22.9 Å². The summed E-state index contributed by atoms with van der Waals surface area (Å²) in [5, 5.41) is 4.03. The van der Waals surface area contributed by atoms with Crippen molar-refractivity contribution in [2.24, 2.45) is 0 Å². The maximum absolute atomic E-state index is 12.5. The highest BCUT2D eigenvalue weighted by molar-refractivity contribution is 6.42. The zero-order valence-corrected chi connectivity index (χ0v) is 15.6. The molecular weight excluding hydrogens is 395 g/mol. The van der Waals surface area contributed by atoms with Gasteiger partial charge in [-0.1, -0.05) is 53.0 Å². The highest BCUT2D eigenvalue weighted by Gasteiger charge is 2.10. The molecule has 7 heteroatoms. The van der Waals surface area contributed by atoms with Crippen LogP contribution in [0, 0.1) is 0 Å². The number of aromatic nitrogens is 1. The lowest BCUT2D eigenvalue weighted by molar-refractivity contribution is 0.102. The number of benzene rings is 2. The van der Waals surface area contributed by atoms with Gasteiger partial charge in [-0.3, -0.25) is 9.59 Å². The summed E-state index contributed by atoms with van der Waals surface area (Å²) >= 11 is 18.0. The zero-order valence-electron chi connectivity index (χ0n) is 13.4. The minimum absolute atomic E-state index is 0.226. The lowest BCUT2D eigenvalue weighted by Gasteiger charge is -2.10. The topological polar surface area (TPSA) is 51.1 Å². The summed E-state index contributed by atoms with van der Waals surface area (Å²) in [4.78, 5) is 24.6. The predicted octanol–water partition coefficient (Wildman–Crippen LogP) is 5.11. The number of carbonyl (C=O) groups is 1. The van der Waals surface area contributed by atoms with Crippen molar-refractivity contribution in [1.82, 2.24) is 4.57 Å². The molecule has 0 spiro atoms. The number of halogens is 3. The molecule has 1 heterocycles. The third-order valence-corrected chi connectivity index (χ3v) is 4.83. The Kier molecular flexibility index (Phi) is 5.67. The smallest absolute Gasteiger partial charge is 0.257 e. The van der Waals surface area contributed by atoms with Crippen LogP contribution in [0.3, 0.4) is 0 Å². The molecule has 0 bridgehead atoms. The number of hydrogen-bond donors (Lipinski definition) is 1. The minimum atomic E-state index is -0.365. The average Bonchev–Trinajstić information content (AvgIpc) is 2.62. The molecule has 1 aromatic heterocycles. The highest BCUT2D eigenvalue weighted by atomic mass is 35.5. The van der Waals surface area contributed by atoms with E-state index in [1.807, 2.05) is 18.2 Å². The van der Waals surface area contributed by atoms with E-state index in [0.717, 1.165) is 5.56 Å². The molecule has 0 saturated heterocycles. The highest BCUT2D eigenvalue weighted by Crippen LogP contribution is 2.25. The fraction of sp³-hybridized carbons (Fsp3) is 0.0526. The third kappa shape index (κ3) is 4.28. The van der Waals surface area contributed by atoms with Gasteiger partial charge in [-0.2, -0.15) is 0 Å². The van der Waals surface area contributed by atoms with Crippen LogP contribution < -0.4 is 10.9 Å². The van der Waals surface area contributed by atoms with E-state index < -0.39 is 0 Å². The van der Waals surface area contributed by atoms with E-state index >= 15 is 0 Å². The Labute approximate surface area is 164 Å². The molecule has 0 aliphatic heterocycles. The molecule has 26 heavy (non-hydrogen) atoms. The van der Waals surface area contributed by atoms with Crippen LogP contribution in [0.2, 0.25) is 15.1 Å². The third-order valence-electron chi connectivity index (χ3n) is 3.72. The first kappa shape index (κ1) is 18.5. The lowest BCUT2D eigenvalue weighted by atomic mass is 10.2. The van der Waals surface area contributed by atoms with Crippen LogP contribution in [0.4, 0.5) is 5.69 Å². The van der Waals surface area contributed by atoms with Gasteiger partial charge in [0.1, 0.15) is 0 Å². The number of hydrogen-bond acceptors (Lipinski definition) is 2. The molecule has 1 amide bonds. The number of amides is 1. The Morgan fingerprint density at radius 1 is 0.923 bits per heavy atom. The Morgan fingerprint density at radius 3 is 2.42 bits per heavy atom. The Hall–Kier alpha value is -2.27. The lowest BCUT2D eigenvalue weighted by Crippen LogP contribution is -2.22. The van der Waals surface area contributed by atoms with E-state index in [1.54, 1.807) is 24.3 Å². The number of pyridine rings is 1. The number of nitrogens with one attached hydrogen (secondary N) is 1. The van der Waals surface area contributed by atoms with Crippen molar-refractivity contribution >= 4 is 46.4 Å². The van der Waals surface area contributed by atoms with Gasteiger partial charge >= 0.3 is 0 Å². The molecule has 2 aromatic carbocycles. The van der Waals surface area contributed by atoms with E-state index in [2.05, 4.69) is 5.32 Å². The number of rotatable bonds is 4. The first-order valence-corrected chi connectivity index (χ1v) is 8.78. The Balaban J connectivity index is 1.84. The van der Waals surface area contributed by atoms with Crippen LogP contribution >= 0.6 is 34.8 Å². The van der Waals surface area contributed by atoms with Crippen molar-refractivity contribution in [2.45, 2.75) is 6.54 Å². The summed E-state index contributed by atoms with van der Waals surface area (Å²) in [5.41, 5.74) is 1.41. The molecule has 3 aromatic rings. The van der Waals surface area contributed by atoms with Crippen molar-refractivity contribution in [3.05, 3.63) is 97.3 Å². The quantitative estimate of drug-likeness (QED) is 0.653. The maximum atomic E-state index is 12.5. The van der Waals surface area contributed by atoms with Gasteiger partial charge in [-0.25, -0.2) is 0 Å². The normalized spacial score (nSPS) is 10.6. The van der Waals surface area contributed by atoms with Crippen LogP contribution in [0.15, 0.2) is 65.6 Å². The van der Waals surface area contributed by atoms with E-state index in [0.29, 0.717) is 26.3 Å². The summed E-state index contributed by atoms with van der Waals surface area (Å²) in [7, 11) is 0. The van der Waals surface area contributed by atoms with E-state index in [4.69, 9.17) is 34.8 Å². The first-order chi connectivity index (χ1) is 12.4. The molecule has 132 valence electrons. The summed E-state index contributed by atoms with van der Waals surface area (Å²) in [6, 6.07) is 14.9. The van der Waals surface area contributed by atoms with Crippen LogP contribution in [0.25, 0.3) is 0 Å². The molecule has 0 atom stereocenters. The monoisotopic (exact) mass is 406 g/mol. The van der Waals surface area contributed by atoms with Crippen molar-refractivity contribution in [2.75, 3.05) is 5.32 Å². The van der Waals surface area contributed by atoms with Gasteiger partial charge in [-0.05, 0) is 35.9 Å². The van der Waals surface area contributed by atoms with Crippen LogP contribution in [-0.2, 0) is 6.54 Å². The van der Waals surface area contributed by atoms with Crippen molar-refractivity contribution in [1.29, 1.82) is 0 Å². The molecule has 0 unspecified atom stereocenters. The van der Waals surface area contributed by atoms with Gasteiger partial charge in [0.2, 0.25) is 0 Å². The second-order valence-electron chi connectivity index (χ2n) is 5.56. The second-order valence-corrected chi connectivity index (χ2v) is 6.78. The molecule has 3 rings (SSSR count). The Bertz CT molecular complexity index is 1030. The van der Waals surface area contributed by atoms with Crippen molar-refractivity contribution in [3.8, 4) is 0 Å². The predicted molar refractivity (Wildman–Crippen MR) is 106 cm³/mol. The molecule has 0 fully saturated rings. The van der Waals surface area contributed by atoms with E-state index in [-0.39, 0.29) is 18.0 Å². The zero-order chi connectivity index (χ0) is 18.7. The largest absolute Gasteiger partial charge is 0.322 e. The molecular formula is C19H13Cl3N2O2. The standard InChI is InChI=1S/C19H13Cl3N2O2/c20-15-4-2-1-3-12(15)10-24-11-13(5-8-18(24)25)19(26)23-14-6-7-16(21)17(22)9-14/h1-9,11H,10H2,(H,23,26). The molecule has 0 aliphatic rings. The average molecular weight is 408 g/mol. The van der Waals surface area contributed by atoms with Crippen molar-refractivity contribution < 1.29 is 4.79 Å². The fourth-order valence-corrected chi connectivity index (χ4v) is 2.87. The van der Waals surface area contributed by atoms with Crippen molar-refractivity contribution in [3.63, 3.8) is 0 Å². The van der Waals surface area contributed by atoms with Gasteiger partial charge in [0.15, 0.2) is 0 Å². The van der Waals surface area contributed by atoms with Crippen LogP contribution in [0.5, 0.6) is 0 Å². The molecule has 0 aliphatic carbocycles. The number of carbonyl (C=O) groups excluding carboxylic acids is 1. The van der Waals surface area contributed by atoms with Gasteiger partial charge in [0, 0.05) is 23.0 Å². The second kappa shape index (κ2) is 7.96. The molecule has 4 nitrogen and oxygen atoms in total. The summed E-state index contributed by atoms with van der Waals surface area (Å²) in [6.07, 6.45) is 1.50. The fourth-order valence-electron chi connectivity index (χ4n) is 2.38. The molecule has 0 radical (unpaired) electrons. The summed E-state index contributed by atoms with van der Waals surface area (Å²) in [6.45, 7) is 0.270. The first-order valence-electron chi connectivity index (χ1n) is 7.64. The minimum Gasteiger partial charge on any atom is -0.322 e. The number of anilines is 1. The van der Waals surface area contributed by atoms with Crippen LogP contribution in [-0.4, -0.2) is 10.5 Å². The van der Waals surface area contributed by atoms with Gasteiger partial charge in [-0.15, -0.1) is 0 Å². The molecule has 1 N–H and O–H groups in total. The number of nitrogens with zero attached hydrogens (tertiary/aromatic N) is 1. The van der Waals surface area contributed by atoms with Crippen LogP contribution in [0.1, 0.15) is 15.9 Å². The SMILES string of the molecule is O=C(Nc1ccc(Cl)c(Cl)c1)c1ccc(=O)n(Cc2ccccc2Cl)c1. The summed E-state index contributed by atoms with van der Waals surface area (Å²) in [5.74, 6) is -0.365. The summed E-state index contributed by atoms with van der Waals surface area (Å²) < 4.78 is 1.44. The van der Waals surface area contributed by atoms with Gasteiger partial charge in [0.05, 0.1) is 22.2 Å².